The molecule has 0 saturated heterocycles. The number of sulfonamides is 1. The van der Waals surface area contributed by atoms with Crippen LogP contribution in [0.5, 0.6) is 0 Å². The Bertz CT molecular complexity index is 1050. The van der Waals surface area contributed by atoms with Crippen molar-refractivity contribution >= 4 is 65.0 Å². The van der Waals surface area contributed by atoms with Crippen LogP contribution in [-0.2, 0) is 10.0 Å². The Morgan fingerprint density at radius 3 is 1.90 bits per heavy atom. The molecule has 2 rings (SSSR count). The van der Waals surface area contributed by atoms with E-state index in [-0.39, 0.29) is 20.3 Å². The average Bonchev–Trinajstić information content (AvgIpc) is 2.56. The molecule has 2 aromatic rings. The molecule has 0 aliphatic heterocycles. The van der Waals surface area contributed by atoms with Crippen molar-refractivity contribution in [1.29, 1.82) is 0 Å². The van der Waals surface area contributed by atoms with Crippen LogP contribution in [0.25, 0.3) is 0 Å². The minimum Gasteiger partial charge on any atom is -0.236 e. The van der Waals surface area contributed by atoms with Crippen molar-refractivity contribution in [3.63, 3.8) is 0 Å². The third-order valence-electron chi connectivity index (χ3n) is 3.49. The molecule has 0 amide bonds. The van der Waals surface area contributed by atoms with Crippen LogP contribution in [0.2, 0.25) is 0 Å². The van der Waals surface area contributed by atoms with Gasteiger partial charge in [0.25, 0.3) is 0 Å². The average molecular weight is 622 g/mol. The van der Waals surface area contributed by atoms with E-state index in [1.807, 2.05) is 0 Å². The molecular formula is C16H8Br2F8NO2S2. The molecule has 0 aromatic heterocycles. The van der Waals surface area contributed by atoms with Gasteiger partial charge in [0.2, 0.25) is 10.0 Å². The van der Waals surface area contributed by atoms with Gasteiger partial charge >= 0.3 is 17.4 Å². The van der Waals surface area contributed by atoms with Gasteiger partial charge in [-0.3, -0.25) is 0 Å². The Balaban J connectivity index is 2.56. The SMILES string of the molecule is CS(=O)(=O)N(c1c[c]c(F)cc1)c1c(Br)cc(SC(F)(F)C(F)(F)C(F)(F)F)cc1Br. The number of benzene rings is 2. The molecule has 0 heterocycles. The second kappa shape index (κ2) is 8.71. The van der Waals surface area contributed by atoms with Crippen LogP contribution in [0.3, 0.4) is 0 Å². The van der Waals surface area contributed by atoms with Gasteiger partial charge in [0.15, 0.2) is 0 Å². The van der Waals surface area contributed by atoms with Crippen molar-refractivity contribution in [1.82, 2.24) is 0 Å². The van der Waals surface area contributed by atoms with E-state index in [0.717, 1.165) is 36.6 Å². The van der Waals surface area contributed by atoms with Gasteiger partial charge in [-0.2, -0.15) is 30.7 Å². The van der Waals surface area contributed by atoms with Crippen molar-refractivity contribution in [3.8, 4) is 0 Å². The lowest BCUT2D eigenvalue weighted by atomic mass is 10.2. The summed E-state index contributed by atoms with van der Waals surface area (Å²) in [6.45, 7) is 0. The van der Waals surface area contributed by atoms with E-state index >= 15 is 0 Å². The van der Waals surface area contributed by atoms with Gasteiger partial charge in [0.05, 0.1) is 17.6 Å². The zero-order valence-corrected chi connectivity index (χ0v) is 19.6. The summed E-state index contributed by atoms with van der Waals surface area (Å²) in [5.74, 6) is -7.12. The second-order valence-electron chi connectivity index (χ2n) is 5.85. The van der Waals surface area contributed by atoms with Gasteiger partial charge in [-0.1, -0.05) is 0 Å². The summed E-state index contributed by atoms with van der Waals surface area (Å²) in [7, 11) is -4.11. The molecule has 0 aliphatic rings. The Hall–Kier alpha value is -1.06. The number of halogens is 10. The molecule has 0 spiro atoms. The highest BCUT2D eigenvalue weighted by molar-refractivity contribution is 9.11. The molecule has 1 radical (unpaired) electrons. The smallest absolute Gasteiger partial charge is 0.236 e. The number of anilines is 2. The van der Waals surface area contributed by atoms with E-state index in [9.17, 15) is 43.5 Å². The summed E-state index contributed by atoms with van der Waals surface area (Å²) in [6.07, 6.45) is -5.72. The lowest BCUT2D eigenvalue weighted by molar-refractivity contribution is -0.330. The van der Waals surface area contributed by atoms with Crippen LogP contribution in [-0.4, -0.2) is 32.0 Å². The molecular weight excluding hydrogens is 614 g/mol. The summed E-state index contributed by atoms with van der Waals surface area (Å²) in [6, 6.07) is 6.59. The fourth-order valence-electron chi connectivity index (χ4n) is 2.18. The first-order valence-corrected chi connectivity index (χ1v) is 11.8. The maximum atomic E-state index is 13.7. The van der Waals surface area contributed by atoms with Gasteiger partial charge in [0, 0.05) is 19.9 Å². The van der Waals surface area contributed by atoms with Crippen molar-refractivity contribution in [2.24, 2.45) is 0 Å². The molecule has 171 valence electrons. The third-order valence-corrected chi connectivity index (χ3v) is 6.74. The molecule has 0 saturated carbocycles. The first kappa shape index (κ1) is 26.2. The van der Waals surface area contributed by atoms with Crippen LogP contribution in [0, 0.1) is 11.9 Å². The summed E-state index contributed by atoms with van der Waals surface area (Å²) in [5.41, 5.74) is -0.336. The van der Waals surface area contributed by atoms with Crippen LogP contribution in [0.1, 0.15) is 0 Å². The second-order valence-corrected chi connectivity index (χ2v) is 10.6. The lowest BCUT2D eigenvalue weighted by Gasteiger charge is -2.28. The fraction of sp³-hybridized carbons (Fsp3) is 0.250. The van der Waals surface area contributed by atoms with Gasteiger partial charge < -0.3 is 0 Å². The van der Waals surface area contributed by atoms with Crippen LogP contribution < -0.4 is 4.31 Å². The molecule has 2 aromatic carbocycles. The molecule has 0 unspecified atom stereocenters. The van der Waals surface area contributed by atoms with Gasteiger partial charge in [-0.15, -0.1) is 0 Å². The van der Waals surface area contributed by atoms with Crippen LogP contribution >= 0.6 is 43.6 Å². The Labute approximate surface area is 192 Å². The summed E-state index contributed by atoms with van der Waals surface area (Å²) in [4.78, 5) is -0.726. The predicted molar refractivity (Wildman–Crippen MR) is 106 cm³/mol. The van der Waals surface area contributed by atoms with Crippen molar-refractivity contribution in [2.45, 2.75) is 22.2 Å². The zero-order chi connectivity index (χ0) is 24.0. The normalized spacial score (nSPS) is 13.4. The fourth-order valence-corrected chi connectivity index (χ4v) is 6.18. The number of hydrogen-bond acceptors (Lipinski definition) is 3. The molecule has 3 nitrogen and oxygen atoms in total. The topological polar surface area (TPSA) is 37.4 Å². The number of alkyl halides is 7. The Kier molecular flexibility index (Phi) is 7.36. The van der Waals surface area contributed by atoms with Gasteiger partial charge in [0.1, 0.15) is 5.82 Å². The maximum absolute atomic E-state index is 13.7. The van der Waals surface area contributed by atoms with Crippen LogP contribution in [0.15, 0.2) is 44.2 Å². The molecule has 0 fully saturated rings. The monoisotopic (exact) mass is 620 g/mol. The van der Waals surface area contributed by atoms with E-state index in [1.54, 1.807) is 0 Å². The summed E-state index contributed by atoms with van der Waals surface area (Å²) < 4.78 is 129. The highest BCUT2D eigenvalue weighted by Gasteiger charge is 2.73. The minimum atomic E-state index is -6.50. The zero-order valence-electron chi connectivity index (χ0n) is 14.7. The Morgan fingerprint density at radius 2 is 1.52 bits per heavy atom. The van der Waals surface area contributed by atoms with E-state index < -0.39 is 49.9 Å². The van der Waals surface area contributed by atoms with Gasteiger partial charge in [-0.05, 0) is 74.0 Å². The molecule has 0 N–H and O–H groups in total. The standard InChI is InChI=1S/C16H8Br2F8NO2S2/c1-31(28,29)27(9-4-2-8(19)3-5-9)13-11(17)6-10(7-12(13)18)30-16(25,26)14(20,21)15(22,23)24/h2,4-7H,1H3. The predicted octanol–water partition coefficient (Wildman–Crippen LogP) is 7.13. The maximum Gasteiger partial charge on any atom is 0.460 e. The molecule has 0 aliphatic carbocycles. The lowest BCUT2D eigenvalue weighted by Crippen LogP contribution is -2.49. The van der Waals surface area contributed by atoms with E-state index in [4.69, 9.17) is 0 Å². The first-order valence-electron chi connectivity index (χ1n) is 7.56. The molecule has 31 heavy (non-hydrogen) atoms. The van der Waals surface area contributed by atoms with Crippen molar-refractivity contribution < 1.29 is 43.5 Å². The number of hydrogen-bond donors (Lipinski definition) is 0. The van der Waals surface area contributed by atoms with Gasteiger partial charge in [-0.25, -0.2) is 17.1 Å². The quantitative estimate of drug-likeness (QED) is 0.254. The van der Waals surface area contributed by atoms with Crippen molar-refractivity contribution in [3.05, 3.63) is 51.2 Å². The highest BCUT2D eigenvalue weighted by Crippen LogP contribution is 2.55. The molecule has 0 bridgehead atoms. The van der Waals surface area contributed by atoms with E-state index in [1.165, 1.54) is 0 Å². The first-order chi connectivity index (χ1) is 13.9. The van der Waals surface area contributed by atoms with E-state index in [2.05, 4.69) is 37.9 Å². The van der Waals surface area contributed by atoms with Crippen molar-refractivity contribution in [2.75, 3.05) is 10.6 Å². The summed E-state index contributed by atoms with van der Waals surface area (Å²) in [5, 5.41) is -5.56. The minimum absolute atomic E-state index is 0.111. The van der Waals surface area contributed by atoms with Crippen LogP contribution in [0.4, 0.5) is 46.5 Å². The molecule has 0 atom stereocenters. The third kappa shape index (κ3) is 5.47. The highest BCUT2D eigenvalue weighted by atomic mass is 79.9. The summed E-state index contributed by atoms with van der Waals surface area (Å²) >= 11 is 4.77. The largest absolute Gasteiger partial charge is 0.460 e. The van der Waals surface area contributed by atoms with E-state index in [0.29, 0.717) is 4.31 Å². The number of thioether (sulfide) groups is 1. The number of rotatable bonds is 6. The Morgan fingerprint density at radius 1 is 1.00 bits per heavy atom. The number of nitrogens with zero attached hydrogens (tertiary/aromatic N) is 1. The molecule has 15 heteroatoms.